The van der Waals surface area contributed by atoms with E-state index in [1.807, 2.05) is 30.3 Å². The molecule has 3 aromatic rings. The highest BCUT2D eigenvalue weighted by atomic mass is 127. The second kappa shape index (κ2) is 9.86. The van der Waals surface area contributed by atoms with Crippen LogP contribution in [0.2, 0.25) is 0 Å². The Labute approximate surface area is 225 Å². The fraction of sp³-hybridized carbons (Fsp3) is 0.333. The number of carbonyl (C=O) groups excluding carboxylic acids is 1. The lowest BCUT2D eigenvalue weighted by atomic mass is 9.66. The number of carbonyl (C=O) groups is 1. The number of fused-ring (bicyclic) bond motifs is 4. The van der Waals surface area contributed by atoms with Crippen LogP contribution in [0.25, 0.3) is 10.9 Å². The molecule has 2 bridgehead atoms. The summed E-state index contributed by atoms with van der Waals surface area (Å²) in [6.07, 6.45) is 5.29. The molecular weight excluding hydrogens is 601 g/mol. The van der Waals surface area contributed by atoms with Crippen molar-refractivity contribution in [3.63, 3.8) is 0 Å². The highest BCUT2D eigenvalue weighted by molar-refractivity contribution is 14.1. The Morgan fingerprint density at radius 2 is 2.00 bits per heavy atom. The van der Waals surface area contributed by atoms with Gasteiger partial charge in [-0.25, -0.2) is 17.6 Å². The zero-order valence-corrected chi connectivity index (χ0v) is 22.1. The molecule has 3 saturated heterocycles. The van der Waals surface area contributed by atoms with Crippen molar-refractivity contribution in [3.8, 4) is 5.75 Å². The molecule has 6 rings (SSSR count). The number of methoxy groups -OCH3 is 1. The van der Waals surface area contributed by atoms with E-state index in [0.29, 0.717) is 24.6 Å². The molecule has 1 aromatic heterocycles. The molecule has 0 saturated carbocycles. The number of halogens is 5. The first-order chi connectivity index (χ1) is 17.7. The average molecular weight is 625 g/mol. The molecule has 4 unspecified atom stereocenters. The van der Waals surface area contributed by atoms with Gasteiger partial charge in [-0.3, -0.25) is 14.7 Å². The third-order valence-electron chi connectivity index (χ3n) is 7.74. The van der Waals surface area contributed by atoms with Crippen LogP contribution in [0.3, 0.4) is 0 Å². The van der Waals surface area contributed by atoms with Crippen molar-refractivity contribution >= 4 is 39.4 Å². The minimum atomic E-state index is -2.01. The lowest BCUT2D eigenvalue weighted by Crippen LogP contribution is -2.63. The highest BCUT2D eigenvalue weighted by Crippen LogP contribution is 2.49. The van der Waals surface area contributed by atoms with Gasteiger partial charge in [0.15, 0.2) is 23.3 Å². The smallest absolute Gasteiger partial charge is 0.255 e. The van der Waals surface area contributed by atoms with Crippen LogP contribution in [0.15, 0.2) is 43.1 Å². The number of rotatable bonds is 6. The Bertz CT molecular complexity index is 1390. The Hall–Kier alpha value is -2.73. The largest absolute Gasteiger partial charge is 0.497 e. The summed E-state index contributed by atoms with van der Waals surface area (Å²) in [5.74, 6) is -7.07. The first-order valence-electron chi connectivity index (χ1n) is 11.8. The third kappa shape index (κ3) is 4.18. The maximum absolute atomic E-state index is 14.6. The van der Waals surface area contributed by atoms with E-state index < -0.39 is 43.8 Å². The van der Waals surface area contributed by atoms with Gasteiger partial charge in [0.05, 0.1) is 27.3 Å². The second-order valence-electron chi connectivity index (χ2n) is 9.50. The summed E-state index contributed by atoms with van der Waals surface area (Å²) in [4.78, 5) is 19.9. The minimum absolute atomic E-state index is 0.0403. The maximum atomic E-state index is 14.6. The molecule has 1 amide bonds. The van der Waals surface area contributed by atoms with Crippen molar-refractivity contribution in [2.45, 2.75) is 18.4 Å². The molecule has 3 fully saturated rings. The molecule has 3 aliphatic heterocycles. The molecule has 10 heteroatoms. The fourth-order valence-electron chi connectivity index (χ4n) is 5.84. The standard InChI is InChI=1S/C27H24F4IN3O2/c1-3-14-12-35-9-7-15(14)11-27(35,18-6-8-33-19-5-4-16(37-2)10-17(18)19)13-34-26(36)20-21(28)22(29)23(30)24(31)25(20)32/h3-6,8,10,14-15H,1,7,9,11-13H2,2H3,(H,34,36). The molecule has 0 aliphatic carbocycles. The minimum Gasteiger partial charge on any atom is -0.497 e. The van der Waals surface area contributed by atoms with Gasteiger partial charge in [-0.2, -0.15) is 0 Å². The number of aromatic nitrogens is 1. The lowest BCUT2D eigenvalue weighted by Gasteiger charge is -2.57. The summed E-state index contributed by atoms with van der Waals surface area (Å²) in [6, 6.07) is 7.47. The predicted octanol–water partition coefficient (Wildman–Crippen LogP) is 5.56. The number of amides is 1. The van der Waals surface area contributed by atoms with E-state index >= 15 is 0 Å². The van der Waals surface area contributed by atoms with Crippen LogP contribution >= 0.6 is 22.6 Å². The van der Waals surface area contributed by atoms with E-state index in [9.17, 15) is 22.4 Å². The van der Waals surface area contributed by atoms with E-state index in [1.165, 1.54) is 22.6 Å². The van der Waals surface area contributed by atoms with Crippen LogP contribution in [-0.2, 0) is 5.54 Å². The van der Waals surface area contributed by atoms with Gasteiger partial charge in [0.25, 0.3) is 5.91 Å². The van der Waals surface area contributed by atoms with E-state index in [2.05, 4.69) is 21.8 Å². The Morgan fingerprint density at radius 1 is 1.24 bits per heavy atom. The summed E-state index contributed by atoms with van der Waals surface area (Å²) < 4.78 is 61.2. The maximum Gasteiger partial charge on any atom is 0.255 e. The van der Waals surface area contributed by atoms with Gasteiger partial charge in [0.1, 0.15) is 5.75 Å². The second-order valence-corrected chi connectivity index (χ2v) is 10.6. The highest BCUT2D eigenvalue weighted by Gasteiger charge is 2.50. The topological polar surface area (TPSA) is 54.5 Å². The van der Waals surface area contributed by atoms with Gasteiger partial charge in [-0.1, -0.05) is 6.08 Å². The zero-order chi connectivity index (χ0) is 26.5. The molecule has 2 aromatic carbocycles. The molecule has 0 radical (unpaired) electrons. The summed E-state index contributed by atoms with van der Waals surface area (Å²) in [6.45, 7) is 5.51. The van der Waals surface area contributed by atoms with Crippen LogP contribution in [-0.4, -0.2) is 42.5 Å². The van der Waals surface area contributed by atoms with Crippen molar-refractivity contribution in [3.05, 3.63) is 81.1 Å². The lowest BCUT2D eigenvalue weighted by molar-refractivity contribution is -0.0537. The average Bonchev–Trinajstić information content (AvgIpc) is 2.93. The molecule has 3 aliphatic rings. The summed E-state index contributed by atoms with van der Waals surface area (Å²) in [5, 5.41) is 3.56. The van der Waals surface area contributed by atoms with Crippen molar-refractivity contribution < 1.29 is 27.1 Å². The van der Waals surface area contributed by atoms with Gasteiger partial charge >= 0.3 is 0 Å². The van der Waals surface area contributed by atoms with Gasteiger partial charge in [-0.05, 0) is 83.6 Å². The Morgan fingerprint density at radius 3 is 2.68 bits per heavy atom. The van der Waals surface area contributed by atoms with Crippen molar-refractivity contribution in [2.24, 2.45) is 11.8 Å². The number of hydrogen-bond acceptors (Lipinski definition) is 4. The summed E-state index contributed by atoms with van der Waals surface area (Å²) in [7, 11) is 1.57. The quantitative estimate of drug-likeness (QED) is 0.128. The summed E-state index contributed by atoms with van der Waals surface area (Å²) >= 11 is 1.32. The number of benzene rings is 2. The van der Waals surface area contributed by atoms with Crippen LogP contribution in [0.5, 0.6) is 5.75 Å². The number of hydrogen-bond donors (Lipinski definition) is 1. The first-order valence-corrected chi connectivity index (χ1v) is 12.9. The zero-order valence-electron chi connectivity index (χ0n) is 20.0. The Balaban J connectivity index is 1.59. The number of piperidine rings is 3. The third-order valence-corrected chi connectivity index (χ3v) is 8.76. The molecule has 37 heavy (non-hydrogen) atoms. The van der Waals surface area contributed by atoms with Crippen LogP contribution in [0, 0.1) is 38.7 Å². The number of nitrogens with one attached hydrogen (secondary N) is 1. The van der Waals surface area contributed by atoms with Gasteiger partial charge in [0.2, 0.25) is 0 Å². The monoisotopic (exact) mass is 625 g/mol. The predicted molar refractivity (Wildman–Crippen MR) is 139 cm³/mol. The molecule has 4 heterocycles. The van der Waals surface area contributed by atoms with E-state index in [0.717, 1.165) is 29.4 Å². The fourth-order valence-corrected chi connectivity index (χ4v) is 6.56. The molecular formula is C27H24F4IN3O2. The molecule has 5 nitrogen and oxygen atoms in total. The van der Waals surface area contributed by atoms with Crippen molar-refractivity contribution in [2.75, 3.05) is 26.7 Å². The SMILES string of the molecule is C=CC1CN2CCC1CC2(CNC(=O)c1c(F)c(F)c(F)c(F)c1I)c1ccnc2ccc(OC)cc12. The van der Waals surface area contributed by atoms with E-state index in [1.54, 1.807) is 13.3 Å². The van der Waals surface area contributed by atoms with Gasteiger partial charge in [-0.15, -0.1) is 6.58 Å². The van der Waals surface area contributed by atoms with Gasteiger partial charge in [0, 0.05) is 24.7 Å². The van der Waals surface area contributed by atoms with Crippen molar-refractivity contribution in [1.29, 1.82) is 0 Å². The molecule has 0 spiro atoms. The van der Waals surface area contributed by atoms with Crippen molar-refractivity contribution in [1.82, 2.24) is 15.2 Å². The number of pyridine rings is 1. The van der Waals surface area contributed by atoms with Gasteiger partial charge < -0.3 is 10.1 Å². The van der Waals surface area contributed by atoms with E-state index in [4.69, 9.17) is 4.74 Å². The molecule has 4 atom stereocenters. The van der Waals surface area contributed by atoms with Crippen LogP contribution in [0.4, 0.5) is 17.6 Å². The molecule has 1 N–H and O–H groups in total. The normalized spacial score (nSPS) is 24.8. The Kier molecular flexibility index (Phi) is 6.90. The molecule has 194 valence electrons. The number of ether oxygens (including phenoxy) is 1. The summed E-state index contributed by atoms with van der Waals surface area (Å²) in [5.41, 5.74) is 0.101. The first kappa shape index (κ1) is 25.9. The number of nitrogens with zero attached hydrogens (tertiary/aromatic N) is 2. The van der Waals surface area contributed by atoms with Crippen LogP contribution in [0.1, 0.15) is 28.8 Å². The van der Waals surface area contributed by atoms with E-state index in [-0.39, 0.29) is 12.5 Å². The van der Waals surface area contributed by atoms with Crippen LogP contribution < -0.4 is 10.1 Å².